The van der Waals surface area contributed by atoms with Crippen molar-refractivity contribution < 1.29 is 4.74 Å². The largest absolute Gasteiger partial charge is 0.497 e. The van der Waals surface area contributed by atoms with Crippen LogP contribution in [0.25, 0.3) is 16.9 Å². The third-order valence-electron chi connectivity index (χ3n) is 2.66. The molecule has 2 aromatic heterocycles. The Hall–Kier alpha value is -2.36. The highest BCUT2D eigenvalue weighted by molar-refractivity contribution is 5.72. The number of ether oxygens (including phenoxy) is 1. The van der Waals surface area contributed by atoms with E-state index in [0.29, 0.717) is 0 Å². The van der Waals surface area contributed by atoms with Gasteiger partial charge >= 0.3 is 0 Å². The summed E-state index contributed by atoms with van der Waals surface area (Å²) in [5.74, 6) is 0.839. The van der Waals surface area contributed by atoms with Crippen molar-refractivity contribution in [3.63, 3.8) is 0 Å². The second-order valence-electron chi connectivity index (χ2n) is 3.66. The van der Waals surface area contributed by atoms with Crippen molar-refractivity contribution in [2.45, 2.75) is 0 Å². The lowest BCUT2D eigenvalue weighted by molar-refractivity contribution is 0.415. The molecule has 0 radical (unpaired) electrons. The molecule has 0 N–H and O–H groups in total. The normalized spacial score (nSPS) is 10.6. The van der Waals surface area contributed by atoms with Crippen LogP contribution in [0.3, 0.4) is 0 Å². The van der Waals surface area contributed by atoms with Gasteiger partial charge in [0.1, 0.15) is 17.6 Å². The van der Waals surface area contributed by atoms with E-state index in [2.05, 4.69) is 9.97 Å². The SMILES string of the molecule is COc1ccc(-n2cnc3cccnc32)cc1. The molecule has 0 aliphatic heterocycles. The lowest BCUT2D eigenvalue weighted by Gasteiger charge is -2.04. The summed E-state index contributed by atoms with van der Waals surface area (Å²) in [6, 6.07) is 11.6. The first kappa shape index (κ1) is 9.84. The number of hydrogen-bond donors (Lipinski definition) is 0. The van der Waals surface area contributed by atoms with Gasteiger partial charge in [0.25, 0.3) is 0 Å². The smallest absolute Gasteiger partial charge is 0.164 e. The zero-order chi connectivity index (χ0) is 11.7. The molecule has 1 aromatic carbocycles. The fraction of sp³-hybridized carbons (Fsp3) is 0.0769. The molecular weight excluding hydrogens is 214 g/mol. The Kier molecular flexibility index (Phi) is 2.26. The Morgan fingerprint density at radius 3 is 2.65 bits per heavy atom. The summed E-state index contributed by atoms with van der Waals surface area (Å²) in [4.78, 5) is 8.64. The molecular formula is C13H11N3O. The standard InChI is InChI=1S/C13H11N3O/c1-17-11-6-4-10(5-7-11)16-9-15-12-3-2-8-14-13(12)16/h2-9H,1H3. The van der Waals surface area contributed by atoms with Gasteiger partial charge in [-0.05, 0) is 36.4 Å². The van der Waals surface area contributed by atoms with Crippen LogP contribution in [0, 0.1) is 0 Å². The summed E-state index contributed by atoms with van der Waals surface area (Å²) >= 11 is 0. The van der Waals surface area contributed by atoms with Crippen LogP contribution in [0.2, 0.25) is 0 Å². The summed E-state index contributed by atoms with van der Waals surface area (Å²) in [6.07, 6.45) is 3.55. The van der Waals surface area contributed by atoms with Gasteiger partial charge in [-0.15, -0.1) is 0 Å². The van der Waals surface area contributed by atoms with Gasteiger partial charge in [-0.2, -0.15) is 0 Å². The van der Waals surface area contributed by atoms with E-state index in [0.717, 1.165) is 22.6 Å². The molecule has 0 saturated heterocycles. The minimum absolute atomic E-state index is 0.839. The van der Waals surface area contributed by atoms with E-state index in [-0.39, 0.29) is 0 Å². The zero-order valence-corrected chi connectivity index (χ0v) is 9.37. The maximum atomic E-state index is 5.13. The highest BCUT2D eigenvalue weighted by atomic mass is 16.5. The molecule has 0 atom stereocenters. The van der Waals surface area contributed by atoms with Crippen molar-refractivity contribution in [3.8, 4) is 11.4 Å². The predicted molar refractivity (Wildman–Crippen MR) is 65.4 cm³/mol. The Morgan fingerprint density at radius 1 is 1.06 bits per heavy atom. The summed E-state index contributed by atoms with van der Waals surface area (Å²) in [6.45, 7) is 0. The van der Waals surface area contributed by atoms with E-state index < -0.39 is 0 Å². The summed E-state index contributed by atoms with van der Waals surface area (Å²) < 4.78 is 7.09. The first-order valence-electron chi connectivity index (χ1n) is 5.31. The molecule has 4 heteroatoms. The van der Waals surface area contributed by atoms with Crippen LogP contribution in [-0.2, 0) is 0 Å². The minimum atomic E-state index is 0.839. The van der Waals surface area contributed by atoms with Gasteiger partial charge in [0.15, 0.2) is 5.65 Å². The van der Waals surface area contributed by atoms with Gasteiger partial charge in [-0.25, -0.2) is 9.97 Å². The number of benzene rings is 1. The Morgan fingerprint density at radius 2 is 1.88 bits per heavy atom. The van der Waals surface area contributed by atoms with E-state index in [4.69, 9.17) is 4.74 Å². The topological polar surface area (TPSA) is 39.9 Å². The second-order valence-corrected chi connectivity index (χ2v) is 3.66. The molecule has 0 aliphatic carbocycles. The summed E-state index contributed by atoms with van der Waals surface area (Å²) in [5, 5.41) is 0. The lowest BCUT2D eigenvalue weighted by Crippen LogP contribution is -1.93. The molecule has 0 fully saturated rings. The number of imidazole rings is 1. The van der Waals surface area contributed by atoms with E-state index in [1.54, 1.807) is 19.6 Å². The zero-order valence-electron chi connectivity index (χ0n) is 9.37. The van der Waals surface area contributed by atoms with Crippen LogP contribution < -0.4 is 4.74 Å². The molecule has 17 heavy (non-hydrogen) atoms. The molecule has 0 aliphatic rings. The maximum Gasteiger partial charge on any atom is 0.164 e. The van der Waals surface area contributed by atoms with Crippen LogP contribution in [0.15, 0.2) is 48.9 Å². The molecule has 3 aromatic rings. The number of hydrogen-bond acceptors (Lipinski definition) is 3. The Labute approximate surface area is 98.5 Å². The van der Waals surface area contributed by atoms with Crippen molar-refractivity contribution in [3.05, 3.63) is 48.9 Å². The average Bonchev–Trinajstić information content (AvgIpc) is 2.83. The Balaban J connectivity index is 2.13. The fourth-order valence-corrected chi connectivity index (χ4v) is 1.78. The van der Waals surface area contributed by atoms with E-state index in [1.165, 1.54) is 0 Å². The molecule has 2 heterocycles. The highest BCUT2D eigenvalue weighted by Gasteiger charge is 2.04. The molecule has 0 amide bonds. The molecule has 0 bridgehead atoms. The van der Waals surface area contributed by atoms with Crippen LogP contribution in [0.1, 0.15) is 0 Å². The summed E-state index contributed by atoms with van der Waals surface area (Å²) in [7, 11) is 1.66. The van der Waals surface area contributed by atoms with Crippen molar-refractivity contribution in [1.82, 2.24) is 14.5 Å². The first-order chi connectivity index (χ1) is 8.38. The van der Waals surface area contributed by atoms with Crippen LogP contribution in [0.5, 0.6) is 5.75 Å². The maximum absolute atomic E-state index is 5.13. The van der Waals surface area contributed by atoms with Crippen molar-refractivity contribution >= 4 is 11.2 Å². The molecule has 84 valence electrons. The quantitative estimate of drug-likeness (QED) is 0.672. The number of pyridine rings is 1. The second kappa shape index (κ2) is 3.90. The highest BCUT2D eigenvalue weighted by Crippen LogP contribution is 2.18. The van der Waals surface area contributed by atoms with Crippen LogP contribution in [-0.4, -0.2) is 21.6 Å². The van der Waals surface area contributed by atoms with E-state index >= 15 is 0 Å². The summed E-state index contributed by atoms with van der Waals surface area (Å²) in [5.41, 5.74) is 2.77. The third kappa shape index (κ3) is 1.63. The average molecular weight is 225 g/mol. The first-order valence-corrected chi connectivity index (χ1v) is 5.31. The van der Waals surface area contributed by atoms with Gasteiger partial charge in [0.05, 0.1) is 7.11 Å². The monoisotopic (exact) mass is 225 g/mol. The van der Waals surface area contributed by atoms with Gasteiger partial charge in [-0.3, -0.25) is 4.57 Å². The Bertz CT molecular complexity index is 643. The van der Waals surface area contributed by atoms with Gasteiger partial charge in [-0.1, -0.05) is 0 Å². The molecule has 0 saturated carbocycles. The molecule has 0 spiro atoms. The number of methoxy groups -OCH3 is 1. The van der Waals surface area contributed by atoms with Crippen molar-refractivity contribution in [2.24, 2.45) is 0 Å². The van der Waals surface area contributed by atoms with Gasteiger partial charge in [0, 0.05) is 11.9 Å². The minimum Gasteiger partial charge on any atom is -0.497 e. The van der Waals surface area contributed by atoms with Gasteiger partial charge in [0.2, 0.25) is 0 Å². The van der Waals surface area contributed by atoms with Crippen LogP contribution in [0.4, 0.5) is 0 Å². The van der Waals surface area contributed by atoms with Crippen LogP contribution >= 0.6 is 0 Å². The number of fused-ring (bicyclic) bond motifs is 1. The third-order valence-corrected chi connectivity index (χ3v) is 2.66. The van der Waals surface area contributed by atoms with Crippen molar-refractivity contribution in [2.75, 3.05) is 7.11 Å². The number of nitrogens with zero attached hydrogens (tertiary/aromatic N) is 3. The molecule has 0 unspecified atom stereocenters. The molecule has 3 rings (SSSR count). The van der Waals surface area contributed by atoms with Gasteiger partial charge < -0.3 is 4.74 Å². The lowest BCUT2D eigenvalue weighted by atomic mass is 10.3. The van der Waals surface area contributed by atoms with E-state index in [9.17, 15) is 0 Å². The fourth-order valence-electron chi connectivity index (χ4n) is 1.78. The van der Waals surface area contributed by atoms with Crippen molar-refractivity contribution in [1.29, 1.82) is 0 Å². The number of aromatic nitrogens is 3. The number of rotatable bonds is 2. The van der Waals surface area contributed by atoms with E-state index in [1.807, 2.05) is 41.0 Å². The predicted octanol–water partition coefficient (Wildman–Crippen LogP) is 2.43. The molecule has 4 nitrogen and oxygen atoms in total.